The fraction of sp³-hybridized carbons (Fsp3) is 0.429. The minimum absolute atomic E-state index is 0.0185. The highest BCUT2D eigenvalue weighted by molar-refractivity contribution is 5.53. The number of rotatable bonds is 5. The first kappa shape index (κ1) is 13.4. The molecule has 1 aliphatic rings. The molecular formula is C14H17NO4. The van der Waals surface area contributed by atoms with E-state index in [0.717, 1.165) is 24.0 Å². The highest BCUT2D eigenvalue weighted by Crippen LogP contribution is 2.40. The van der Waals surface area contributed by atoms with Crippen molar-refractivity contribution in [3.05, 3.63) is 45.5 Å². The van der Waals surface area contributed by atoms with Gasteiger partial charge in [0.15, 0.2) is 0 Å². The number of nitro groups is 1. The normalized spacial score (nSPS) is 17.2. The summed E-state index contributed by atoms with van der Waals surface area (Å²) in [4.78, 5) is 9.95. The van der Waals surface area contributed by atoms with Crippen molar-refractivity contribution in [2.24, 2.45) is 0 Å². The molecule has 0 saturated heterocycles. The van der Waals surface area contributed by atoms with Crippen LogP contribution in [0.3, 0.4) is 0 Å². The van der Waals surface area contributed by atoms with Crippen LogP contribution in [0.4, 0.5) is 0 Å². The Morgan fingerprint density at radius 1 is 1.26 bits per heavy atom. The molecule has 5 heteroatoms. The lowest BCUT2D eigenvalue weighted by molar-refractivity contribution is -0.480. The maximum Gasteiger partial charge on any atom is 0.203 e. The summed E-state index contributed by atoms with van der Waals surface area (Å²) in [6.45, 7) is -0.0185. The molecule has 102 valence electrons. The quantitative estimate of drug-likeness (QED) is 0.281. The van der Waals surface area contributed by atoms with E-state index >= 15 is 0 Å². The summed E-state index contributed by atoms with van der Waals surface area (Å²) >= 11 is 0. The average molecular weight is 263 g/mol. The Bertz CT molecular complexity index is 510. The number of aromatic hydroxyl groups is 2. The third-order valence-electron chi connectivity index (χ3n) is 3.48. The zero-order valence-electron chi connectivity index (χ0n) is 10.6. The van der Waals surface area contributed by atoms with Crippen molar-refractivity contribution in [2.75, 3.05) is 6.54 Å². The van der Waals surface area contributed by atoms with Gasteiger partial charge in [0.1, 0.15) is 11.5 Å². The molecule has 0 fully saturated rings. The summed E-state index contributed by atoms with van der Waals surface area (Å²) in [6.07, 6.45) is 6.60. The maximum atomic E-state index is 10.3. The molecule has 1 aromatic rings. The summed E-state index contributed by atoms with van der Waals surface area (Å²) in [5.74, 6) is 0.423. The van der Waals surface area contributed by atoms with Crippen LogP contribution in [0.25, 0.3) is 0 Å². The minimum atomic E-state index is -0.312. The molecule has 1 aromatic carbocycles. The monoisotopic (exact) mass is 263 g/mol. The molecule has 0 aromatic heterocycles. The molecule has 0 spiro atoms. The van der Waals surface area contributed by atoms with Gasteiger partial charge >= 0.3 is 0 Å². The van der Waals surface area contributed by atoms with Crippen molar-refractivity contribution in [1.82, 2.24) is 0 Å². The molecule has 0 bridgehead atoms. The molecule has 5 nitrogen and oxygen atoms in total. The number of unbranched alkanes of at least 4 members (excludes halogenated alkanes) is 1. The molecule has 2 rings (SSSR count). The molecule has 0 amide bonds. The molecule has 1 atom stereocenters. The SMILES string of the molecule is O=[N+]([O-])CCCCC1C=CCc2c(O)ccc(O)c21. The van der Waals surface area contributed by atoms with Crippen molar-refractivity contribution in [2.45, 2.75) is 31.6 Å². The van der Waals surface area contributed by atoms with Crippen LogP contribution in [-0.2, 0) is 6.42 Å². The van der Waals surface area contributed by atoms with Crippen LogP contribution in [0.2, 0.25) is 0 Å². The minimum Gasteiger partial charge on any atom is -0.508 e. The van der Waals surface area contributed by atoms with E-state index in [4.69, 9.17) is 0 Å². The smallest absolute Gasteiger partial charge is 0.203 e. The van der Waals surface area contributed by atoms with Crippen LogP contribution >= 0.6 is 0 Å². The predicted molar refractivity (Wildman–Crippen MR) is 71.1 cm³/mol. The highest BCUT2D eigenvalue weighted by atomic mass is 16.6. The lowest BCUT2D eigenvalue weighted by Crippen LogP contribution is -2.07. The van der Waals surface area contributed by atoms with Gasteiger partial charge in [0.2, 0.25) is 6.54 Å². The van der Waals surface area contributed by atoms with Crippen molar-refractivity contribution in [1.29, 1.82) is 0 Å². The van der Waals surface area contributed by atoms with E-state index in [1.807, 2.05) is 12.2 Å². The second-order valence-corrected chi connectivity index (χ2v) is 4.79. The van der Waals surface area contributed by atoms with E-state index in [2.05, 4.69) is 0 Å². The van der Waals surface area contributed by atoms with Gasteiger partial charge in [-0.15, -0.1) is 0 Å². The summed E-state index contributed by atoms with van der Waals surface area (Å²) in [5.41, 5.74) is 1.53. The number of hydrogen-bond donors (Lipinski definition) is 2. The standard InChI is InChI=1S/C14H17NO4/c16-12-7-8-13(17)14-10(5-3-6-11(12)14)4-1-2-9-15(18)19/h3,5,7-8,10,16-17H,1-2,4,6,9H2. The van der Waals surface area contributed by atoms with Gasteiger partial charge in [-0.25, -0.2) is 0 Å². The van der Waals surface area contributed by atoms with Gasteiger partial charge < -0.3 is 10.2 Å². The van der Waals surface area contributed by atoms with Crippen LogP contribution in [0, 0.1) is 10.1 Å². The van der Waals surface area contributed by atoms with Gasteiger partial charge in [-0.3, -0.25) is 10.1 Å². The van der Waals surface area contributed by atoms with E-state index < -0.39 is 0 Å². The van der Waals surface area contributed by atoms with Gasteiger partial charge in [0.25, 0.3) is 0 Å². The van der Waals surface area contributed by atoms with Crippen molar-refractivity contribution >= 4 is 0 Å². The van der Waals surface area contributed by atoms with Crippen LogP contribution in [0.5, 0.6) is 11.5 Å². The number of allylic oxidation sites excluding steroid dienone is 2. The van der Waals surface area contributed by atoms with Crippen molar-refractivity contribution < 1.29 is 15.1 Å². The Hall–Kier alpha value is -2.04. The molecule has 0 saturated carbocycles. The predicted octanol–water partition coefficient (Wildman–Crippen LogP) is 2.74. The Morgan fingerprint density at radius 2 is 2.00 bits per heavy atom. The molecule has 2 N–H and O–H groups in total. The summed E-state index contributed by atoms with van der Waals surface area (Å²) in [5, 5.41) is 30.0. The van der Waals surface area contributed by atoms with Gasteiger partial charge in [-0.05, 0) is 31.4 Å². The van der Waals surface area contributed by atoms with Gasteiger partial charge in [0.05, 0.1) is 0 Å². The third-order valence-corrected chi connectivity index (χ3v) is 3.48. The van der Waals surface area contributed by atoms with E-state index in [1.54, 1.807) is 0 Å². The van der Waals surface area contributed by atoms with Gasteiger partial charge in [0, 0.05) is 28.4 Å². The van der Waals surface area contributed by atoms with Crippen LogP contribution in [-0.4, -0.2) is 21.7 Å². The fourth-order valence-electron chi connectivity index (χ4n) is 2.56. The molecule has 0 aliphatic heterocycles. The highest BCUT2D eigenvalue weighted by Gasteiger charge is 2.22. The van der Waals surface area contributed by atoms with E-state index in [1.165, 1.54) is 12.1 Å². The third kappa shape index (κ3) is 3.05. The van der Waals surface area contributed by atoms with Crippen molar-refractivity contribution in [3.8, 4) is 11.5 Å². The Labute approximate surface area is 111 Å². The van der Waals surface area contributed by atoms with E-state index in [9.17, 15) is 20.3 Å². The second-order valence-electron chi connectivity index (χ2n) is 4.79. The Balaban J connectivity index is 2.08. The second kappa shape index (κ2) is 5.73. The van der Waals surface area contributed by atoms with Crippen LogP contribution < -0.4 is 0 Å². The number of phenolic OH excluding ortho intramolecular Hbond substituents is 2. The summed E-state index contributed by atoms with van der Waals surface area (Å²) in [6, 6.07) is 2.99. The number of hydrogen-bond acceptors (Lipinski definition) is 4. The van der Waals surface area contributed by atoms with Gasteiger partial charge in [-0.1, -0.05) is 12.2 Å². The molecule has 1 unspecified atom stereocenters. The summed E-state index contributed by atoms with van der Waals surface area (Å²) in [7, 11) is 0. The Morgan fingerprint density at radius 3 is 2.74 bits per heavy atom. The van der Waals surface area contributed by atoms with Crippen molar-refractivity contribution in [3.63, 3.8) is 0 Å². The molecule has 1 aliphatic carbocycles. The molecular weight excluding hydrogens is 246 g/mol. The molecule has 19 heavy (non-hydrogen) atoms. The first-order chi connectivity index (χ1) is 9.09. The maximum absolute atomic E-state index is 10.3. The fourth-order valence-corrected chi connectivity index (χ4v) is 2.56. The first-order valence-electron chi connectivity index (χ1n) is 6.41. The zero-order chi connectivity index (χ0) is 13.8. The molecule has 0 radical (unpaired) electrons. The zero-order valence-corrected chi connectivity index (χ0v) is 10.6. The number of phenols is 2. The lowest BCUT2D eigenvalue weighted by Gasteiger charge is -2.22. The molecule has 0 heterocycles. The van der Waals surface area contributed by atoms with Crippen LogP contribution in [0.15, 0.2) is 24.3 Å². The summed E-state index contributed by atoms with van der Waals surface area (Å²) < 4.78 is 0. The number of fused-ring (bicyclic) bond motifs is 1. The lowest BCUT2D eigenvalue weighted by atomic mass is 9.83. The topological polar surface area (TPSA) is 83.6 Å². The van der Waals surface area contributed by atoms with Gasteiger partial charge in [-0.2, -0.15) is 0 Å². The largest absolute Gasteiger partial charge is 0.508 e. The van der Waals surface area contributed by atoms with E-state index in [0.29, 0.717) is 12.8 Å². The van der Waals surface area contributed by atoms with E-state index in [-0.39, 0.29) is 28.9 Å². The average Bonchev–Trinajstić information content (AvgIpc) is 2.39. The van der Waals surface area contributed by atoms with Crippen LogP contribution in [0.1, 0.15) is 36.3 Å². The number of benzene rings is 1. The number of nitrogens with zero attached hydrogens (tertiary/aromatic N) is 1. The Kier molecular flexibility index (Phi) is 4.04. The first-order valence-corrected chi connectivity index (χ1v) is 6.41.